The number of hydrazine groups is 1. The Hall–Kier alpha value is -2.04. The minimum atomic E-state index is 0.379. The number of benzene rings is 2. The van der Waals surface area contributed by atoms with Crippen molar-refractivity contribution in [1.82, 2.24) is 0 Å². The predicted octanol–water partition coefficient (Wildman–Crippen LogP) is 1.61. The summed E-state index contributed by atoms with van der Waals surface area (Å²) < 4.78 is 0. The Bertz CT molecular complexity index is 510. The second-order valence-corrected chi connectivity index (χ2v) is 4.16. The van der Waals surface area contributed by atoms with E-state index in [1.54, 1.807) is 5.01 Å². The molecule has 0 saturated carbocycles. The molecule has 4 nitrogen and oxygen atoms in total. The first-order valence-corrected chi connectivity index (χ1v) is 5.86. The molecular weight excluding hydrogens is 224 g/mol. The largest absolute Gasteiger partial charge is 0.398 e. The molecule has 4 heteroatoms. The molecule has 0 atom stereocenters. The second-order valence-electron chi connectivity index (χ2n) is 4.16. The number of hydrogen-bond acceptors (Lipinski definition) is 4. The molecule has 6 N–H and O–H groups in total. The Morgan fingerprint density at radius 2 is 1.67 bits per heavy atom. The minimum absolute atomic E-state index is 0.379. The molecule has 0 spiro atoms. The molecule has 0 aromatic heterocycles. The van der Waals surface area contributed by atoms with Crippen molar-refractivity contribution in [3.8, 4) is 0 Å². The average Bonchev–Trinajstić information content (AvgIpc) is 2.39. The molecule has 0 saturated heterocycles. The lowest BCUT2D eigenvalue weighted by Gasteiger charge is -2.22. The summed E-state index contributed by atoms with van der Waals surface area (Å²) in [5.74, 6) is 6.09. The summed E-state index contributed by atoms with van der Waals surface area (Å²) in [5, 5.41) is 1.67. The molecule has 0 aliphatic rings. The van der Waals surface area contributed by atoms with Gasteiger partial charge in [-0.3, -0.25) is 0 Å². The van der Waals surface area contributed by atoms with E-state index in [2.05, 4.69) is 0 Å². The molecule has 0 unspecified atom stereocenters. The Morgan fingerprint density at radius 1 is 0.944 bits per heavy atom. The van der Waals surface area contributed by atoms with Gasteiger partial charge in [0.1, 0.15) is 0 Å². The minimum Gasteiger partial charge on any atom is -0.398 e. The van der Waals surface area contributed by atoms with Crippen LogP contribution in [0.2, 0.25) is 0 Å². The zero-order valence-corrected chi connectivity index (χ0v) is 10.2. The lowest BCUT2D eigenvalue weighted by Crippen LogP contribution is -2.31. The van der Waals surface area contributed by atoms with Crippen LogP contribution in [0.3, 0.4) is 0 Å². The van der Waals surface area contributed by atoms with Crippen molar-refractivity contribution in [3.05, 3.63) is 59.7 Å². The zero-order valence-electron chi connectivity index (χ0n) is 10.2. The molecular formula is C14H18N4. The fourth-order valence-corrected chi connectivity index (χ4v) is 1.95. The van der Waals surface area contributed by atoms with Crippen molar-refractivity contribution in [1.29, 1.82) is 0 Å². The summed E-state index contributed by atoms with van der Waals surface area (Å²) in [7, 11) is 0. The van der Waals surface area contributed by atoms with Crippen LogP contribution in [-0.2, 0) is 13.1 Å². The molecule has 2 aromatic rings. The van der Waals surface area contributed by atoms with Gasteiger partial charge in [-0.25, -0.2) is 5.84 Å². The molecule has 18 heavy (non-hydrogen) atoms. The fourth-order valence-electron chi connectivity index (χ4n) is 1.95. The highest BCUT2D eigenvalue weighted by Crippen LogP contribution is 2.24. The normalized spacial score (nSPS) is 10.3. The molecule has 0 fully saturated rings. The van der Waals surface area contributed by atoms with E-state index in [4.69, 9.17) is 17.3 Å². The van der Waals surface area contributed by atoms with Gasteiger partial charge in [-0.2, -0.15) is 0 Å². The molecule has 2 rings (SSSR count). The third-order valence-electron chi connectivity index (χ3n) is 2.90. The van der Waals surface area contributed by atoms with Crippen LogP contribution in [0.5, 0.6) is 0 Å². The van der Waals surface area contributed by atoms with E-state index in [-0.39, 0.29) is 0 Å². The third kappa shape index (κ3) is 2.61. The second kappa shape index (κ2) is 5.53. The van der Waals surface area contributed by atoms with Crippen molar-refractivity contribution >= 4 is 11.4 Å². The van der Waals surface area contributed by atoms with Gasteiger partial charge in [0.15, 0.2) is 0 Å². The first kappa shape index (κ1) is 12.4. The number of nitrogens with zero attached hydrogens (tertiary/aromatic N) is 1. The molecule has 2 aromatic carbocycles. The van der Waals surface area contributed by atoms with Crippen molar-refractivity contribution in [3.63, 3.8) is 0 Å². The van der Waals surface area contributed by atoms with E-state index in [1.807, 2.05) is 48.5 Å². The molecule has 0 heterocycles. The quantitative estimate of drug-likeness (QED) is 0.432. The van der Waals surface area contributed by atoms with Crippen molar-refractivity contribution in [2.75, 3.05) is 10.7 Å². The van der Waals surface area contributed by atoms with Gasteiger partial charge in [-0.05, 0) is 17.7 Å². The van der Waals surface area contributed by atoms with Crippen LogP contribution in [0.4, 0.5) is 11.4 Å². The maximum absolute atomic E-state index is 6.09. The molecule has 0 bridgehead atoms. The molecule has 0 aliphatic heterocycles. The molecule has 0 amide bonds. The summed E-state index contributed by atoms with van der Waals surface area (Å²) in [6, 6.07) is 15.7. The van der Waals surface area contributed by atoms with Crippen molar-refractivity contribution < 1.29 is 0 Å². The maximum Gasteiger partial charge on any atom is 0.0592 e. The van der Waals surface area contributed by atoms with E-state index in [1.165, 1.54) is 0 Å². The van der Waals surface area contributed by atoms with E-state index >= 15 is 0 Å². The fraction of sp³-hybridized carbons (Fsp3) is 0.143. The number of nitrogen functional groups attached to an aromatic ring is 1. The lowest BCUT2D eigenvalue weighted by atomic mass is 10.1. The van der Waals surface area contributed by atoms with Gasteiger partial charge in [-0.15, -0.1) is 0 Å². The number of rotatable bonds is 4. The van der Waals surface area contributed by atoms with Gasteiger partial charge in [0.25, 0.3) is 0 Å². The summed E-state index contributed by atoms with van der Waals surface area (Å²) in [5.41, 5.74) is 15.2. The monoisotopic (exact) mass is 242 g/mol. The van der Waals surface area contributed by atoms with Gasteiger partial charge in [0.05, 0.1) is 12.2 Å². The molecule has 0 aliphatic carbocycles. The Kier molecular flexibility index (Phi) is 3.82. The zero-order chi connectivity index (χ0) is 13.0. The van der Waals surface area contributed by atoms with E-state index < -0.39 is 0 Å². The summed E-state index contributed by atoms with van der Waals surface area (Å²) in [4.78, 5) is 0. The smallest absolute Gasteiger partial charge is 0.0592 e. The van der Waals surface area contributed by atoms with Crippen LogP contribution < -0.4 is 22.3 Å². The summed E-state index contributed by atoms with van der Waals surface area (Å²) >= 11 is 0. The van der Waals surface area contributed by atoms with Crippen LogP contribution in [0.1, 0.15) is 11.1 Å². The Balaban J connectivity index is 2.24. The average molecular weight is 242 g/mol. The van der Waals surface area contributed by atoms with E-state index in [0.29, 0.717) is 18.8 Å². The van der Waals surface area contributed by atoms with Crippen LogP contribution in [0.25, 0.3) is 0 Å². The molecule has 0 radical (unpaired) electrons. The van der Waals surface area contributed by atoms with Crippen molar-refractivity contribution in [2.24, 2.45) is 11.6 Å². The number of nitrogens with two attached hydrogens (primary N) is 3. The maximum atomic E-state index is 6.09. The van der Waals surface area contributed by atoms with Crippen LogP contribution in [-0.4, -0.2) is 0 Å². The Morgan fingerprint density at radius 3 is 2.33 bits per heavy atom. The molecule has 94 valence electrons. The summed E-state index contributed by atoms with van der Waals surface area (Å²) in [6.45, 7) is 1.00. The van der Waals surface area contributed by atoms with Gasteiger partial charge in [0, 0.05) is 17.8 Å². The van der Waals surface area contributed by atoms with Gasteiger partial charge in [-0.1, -0.05) is 36.4 Å². The first-order chi connectivity index (χ1) is 8.72. The SMILES string of the molecule is NCc1c(N)cccc1N(N)Cc1ccccc1. The van der Waals surface area contributed by atoms with Gasteiger partial charge >= 0.3 is 0 Å². The Labute approximate surface area is 107 Å². The van der Waals surface area contributed by atoms with Crippen LogP contribution >= 0.6 is 0 Å². The lowest BCUT2D eigenvalue weighted by molar-refractivity contribution is 0.841. The first-order valence-electron chi connectivity index (χ1n) is 5.86. The topological polar surface area (TPSA) is 81.3 Å². The van der Waals surface area contributed by atoms with Gasteiger partial charge in [0.2, 0.25) is 0 Å². The summed E-state index contributed by atoms with van der Waals surface area (Å²) in [6.07, 6.45) is 0. The third-order valence-corrected chi connectivity index (χ3v) is 2.90. The number of anilines is 2. The predicted molar refractivity (Wildman–Crippen MR) is 75.6 cm³/mol. The van der Waals surface area contributed by atoms with Crippen LogP contribution in [0, 0.1) is 0 Å². The van der Waals surface area contributed by atoms with Crippen molar-refractivity contribution in [2.45, 2.75) is 13.1 Å². The van der Waals surface area contributed by atoms with E-state index in [9.17, 15) is 0 Å². The highest BCUT2D eigenvalue weighted by Gasteiger charge is 2.09. The highest BCUT2D eigenvalue weighted by molar-refractivity contribution is 5.64. The van der Waals surface area contributed by atoms with E-state index in [0.717, 1.165) is 16.8 Å². The van der Waals surface area contributed by atoms with Crippen LogP contribution in [0.15, 0.2) is 48.5 Å². The standard InChI is InChI=1S/C14H18N4/c15-9-12-13(16)7-4-8-14(12)18(17)10-11-5-2-1-3-6-11/h1-8H,9-10,15-17H2. The van der Waals surface area contributed by atoms with Gasteiger partial charge < -0.3 is 16.5 Å². The highest BCUT2D eigenvalue weighted by atomic mass is 15.4. The number of hydrogen-bond donors (Lipinski definition) is 3.